The van der Waals surface area contributed by atoms with Gasteiger partial charge in [-0.05, 0) is 74.0 Å². The Bertz CT molecular complexity index is 1370. The van der Waals surface area contributed by atoms with E-state index >= 15 is 0 Å². The second kappa shape index (κ2) is 9.09. The van der Waals surface area contributed by atoms with Crippen molar-refractivity contribution < 1.29 is 18.0 Å². The van der Waals surface area contributed by atoms with Gasteiger partial charge < -0.3 is 4.57 Å². The number of aromatic nitrogens is 5. The molecule has 2 heterocycles. The van der Waals surface area contributed by atoms with Gasteiger partial charge in [-0.25, -0.2) is 0 Å². The van der Waals surface area contributed by atoms with Crippen LogP contribution in [0.1, 0.15) is 38.4 Å². The van der Waals surface area contributed by atoms with Crippen LogP contribution in [0.5, 0.6) is 0 Å². The summed E-state index contributed by atoms with van der Waals surface area (Å²) in [5, 5.41) is 12.3. The smallest absolute Gasteiger partial charge is 0.318 e. The first-order chi connectivity index (χ1) is 16.1. The van der Waals surface area contributed by atoms with E-state index in [0.29, 0.717) is 27.8 Å². The zero-order chi connectivity index (χ0) is 24.6. The van der Waals surface area contributed by atoms with Gasteiger partial charge in [0.25, 0.3) is 0 Å². The summed E-state index contributed by atoms with van der Waals surface area (Å²) in [6.45, 7) is 7.45. The first-order valence-corrected chi connectivity index (χ1v) is 11.4. The summed E-state index contributed by atoms with van der Waals surface area (Å²) in [6.07, 6.45) is -4.44. The quantitative estimate of drug-likeness (QED) is 0.260. The van der Waals surface area contributed by atoms with Gasteiger partial charge in [0.05, 0.1) is 17.0 Å². The number of tetrazole rings is 1. The fraction of sp³-hybridized carbons (Fsp3) is 0.250. The number of hydrogen-bond acceptors (Lipinski definition) is 5. The Hall–Kier alpha value is -3.40. The van der Waals surface area contributed by atoms with Gasteiger partial charge >= 0.3 is 6.18 Å². The number of ketones is 1. The molecule has 0 aliphatic heterocycles. The molecule has 0 radical (unpaired) electrons. The van der Waals surface area contributed by atoms with Crippen LogP contribution < -0.4 is 0 Å². The van der Waals surface area contributed by atoms with Crippen molar-refractivity contribution >= 4 is 17.5 Å². The zero-order valence-electron chi connectivity index (χ0n) is 19.0. The molecule has 0 fully saturated rings. The van der Waals surface area contributed by atoms with Gasteiger partial charge in [-0.15, -0.1) is 5.10 Å². The Balaban J connectivity index is 1.57. The molecule has 0 aliphatic carbocycles. The van der Waals surface area contributed by atoms with E-state index in [1.807, 2.05) is 32.0 Å². The molecular formula is C24H22F3N5OS. The predicted octanol–water partition coefficient (Wildman–Crippen LogP) is 5.68. The minimum absolute atomic E-state index is 0.0815. The lowest BCUT2D eigenvalue weighted by atomic mass is 10.1. The second-order valence-electron chi connectivity index (χ2n) is 8.04. The van der Waals surface area contributed by atoms with Gasteiger partial charge in [0.15, 0.2) is 5.78 Å². The number of halogens is 3. The first-order valence-electron chi connectivity index (χ1n) is 10.4. The number of rotatable bonds is 6. The van der Waals surface area contributed by atoms with E-state index < -0.39 is 11.7 Å². The molecule has 34 heavy (non-hydrogen) atoms. The van der Waals surface area contributed by atoms with E-state index in [2.05, 4.69) is 15.5 Å². The summed E-state index contributed by atoms with van der Waals surface area (Å²) in [4.78, 5) is 13.1. The van der Waals surface area contributed by atoms with Crippen LogP contribution in [-0.4, -0.2) is 36.3 Å². The minimum atomic E-state index is -4.44. The number of aryl methyl sites for hydroxylation is 3. The second-order valence-corrected chi connectivity index (χ2v) is 8.99. The molecule has 176 valence electrons. The maximum absolute atomic E-state index is 13.2. The molecule has 4 aromatic rings. The largest absolute Gasteiger partial charge is 0.416 e. The summed E-state index contributed by atoms with van der Waals surface area (Å²) in [6, 6.07) is 12.7. The number of carbonyl (C=O) groups excluding carboxylic acids is 1. The molecule has 6 nitrogen and oxygen atoms in total. The van der Waals surface area contributed by atoms with Gasteiger partial charge in [-0.1, -0.05) is 35.5 Å². The lowest BCUT2D eigenvalue weighted by Crippen LogP contribution is -2.09. The lowest BCUT2D eigenvalue weighted by Gasteiger charge is -2.13. The molecule has 0 atom stereocenters. The fourth-order valence-electron chi connectivity index (χ4n) is 3.93. The highest BCUT2D eigenvalue weighted by molar-refractivity contribution is 7.99. The summed E-state index contributed by atoms with van der Waals surface area (Å²) in [5.41, 5.74) is 4.28. The van der Waals surface area contributed by atoms with Crippen LogP contribution in [0.3, 0.4) is 0 Å². The van der Waals surface area contributed by atoms with E-state index in [0.717, 1.165) is 28.9 Å². The van der Waals surface area contributed by atoms with Crippen molar-refractivity contribution in [3.8, 4) is 11.4 Å². The average molecular weight is 486 g/mol. The number of hydrogen-bond donors (Lipinski definition) is 0. The molecule has 2 aromatic carbocycles. The lowest BCUT2D eigenvalue weighted by molar-refractivity contribution is -0.137. The Kier molecular flexibility index (Phi) is 6.35. The molecule has 0 bridgehead atoms. The van der Waals surface area contributed by atoms with E-state index in [1.165, 1.54) is 17.8 Å². The van der Waals surface area contributed by atoms with Crippen molar-refractivity contribution in [3.05, 3.63) is 82.2 Å². The molecule has 0 unspecified atom stereocenters. The van der Waals surface area contributed by atoms with Crippen molar-refractivity contribution in [2.75, 3.05) is 5.75 Å². The Morgan fingerprint density at radius 2 is 1.79 bits per heavy atom. The molecular weight excluding hydrogens is 463 g/mol. The highest BCUT2D eigenvalue weighted by atomic mass is 32.2. The SMILES string of the molecule is Cc1ccc(-n2nnnc2SCC(=O)c2cc(C)n(-c3cccc(C(F)(F)F)c3)c2C)c(C)c1. The third-order valence-electron chi connectivity index (χ3n) is 5.52. The third-order valence-corrected chi connectivity index (χ3v) is 6.44. The summed E-state index contributed by atoms with van der Waals surface area (Å²) >= 11 is 1.21. The number of Topliss-reactive ketones (excluding diaryl/α,β-unsaturated/α-hetero) is 1. The Labute approximate surface area is 198 Å². The third kappa shape index (κ3) is 4.63. The number of carbonyl (C=O) groups is 1. The average Bonchev–Trinajstić information content (AvgIpc) is 3.35. The van der Waals surface area contributed by atoms with Crippen molar-refractivity contribution in [2.24, 2.45) is 0 Å². The van der Waals surface area contributed by atoms with Crippen molar-refractivity contribution in [3.63, 3.8) is 0 Å². The molecule has 0 saturated heterocycles. The van der Waals surface area contributed by atoms with Crippen molar-refractivity contribution in [1.29, 1.82) is 0 Å². The summed E-state index contributed by atoms with van der Waals surface area (Å²) in [5.74, 6) is -0.0791. The van der Waals surface area contributed by atoms with E-state index in [4.69, 9.17) is 0 Å². The van der Waals surface area contributed by atoms with E-state index in [9.17, 15) is 18.0 Å². The zero-order valence-corrected chi connectivity index (χ0v) is 19.8. The number of alkyl halides is 3. The highest BCUT2D eigenvalue weighted by Crippen LogP contribution is 2.32. The molecule has 0 saturated carbocycles. The normalized spacial score (nSPS) is 11.7. The van der Waals surface area contributed by atoms with Crippen LogP contribution in [0, 0.1) is 27.7 Å². The highest BCUT2D eigenvalue weighted by Gasteiger charge is 2.31. The fourth-order valence-corrected chi connectivity index (χ4v) is 4.70. The molecule has 2 aromatic heterocycles. The van der Waals surface area contributed by atoms with Gasteiger partial charge in [0, 0.05) is 22.6 Å². The van der Waals surface area contributed by atoms with E-state index in [-0.39, 0.29) is 11.5 Å². The topological polar surface area (TPSA) is 65.6 Å². The van der Waals surface area contributed by atoms with Gasteiger partial charge in [0.1, 0.15) is 0 Å². The predicted molar refractivity (Wildman–Crippen MR) is 124 cm³/mol. The maximum atomic E-state index is 13.2. The van der Waals surface area contributed by atoms with Gasteiger partial charge in [-0.3, -0.25) is 4.79 Å². The van der Waals surface area contributed by atoms with Crippen molar-refractivity contribution in [2.45, 2.75) is 39.0 Å². The number of thioether (sulfide) groups is 1. The standard InChI is InChI=1S/C24H22F3N5OS/c1-14-8-9-21(15(2)10-14)32-23(28-29-30-32)34-13-22(33)20-11-16(3)31(17(20)4)19-7-5-6-18(12-19)24(25,26)27/h5-12H,13H2,1-4H3. The first kappa shape index (κ1) is 23.7. The van der Waals surface area contributed by atoms with E-state index in [1.54, 1.807) is 35.2 Å². The van der Waals surface area contributed by atoms with Crippen LogP contribution in [0.25, 0.3) is 11.4 Å². The summed E-state index contributed by atoms with van der Waals surface area (Å²) < 4.78 is 42.8. The molecule has 10 heteroatoms. The van der Waals surface area contributed by atoms with Gasteiger partial charge in [0.2, 0.25) is 5.16 Å². The Morgan fingerprint density at radius 1 is 1.03 bits per heavy atom. The van der Waals surface area contributed by atoms with Crippen LogP contribution in [-0.2, 0) is 6.18 Å². The number of nitrogens with zero attached hydrogens (tertiary/aromatic N) is 5. The van der Waals surface area contributed by atoms with Crippen LogP contribution in [0.4, 0.5) is 13.2 Å². The molecule has 4 rings (SSSR count). The molecule has 0 aliphatic rings. The minimum Gasteiger partial charge on any atom is -0.318 e. The summed E-state index contributed by atoms with van der Waals surface area (Å²) in [7, 11) is 0. The molecule has 0 amide bonds. The molecule has 0 N–H and O–H groups in total. The van der Waals surface area contributed by atoms with Crippen LogP contribution >= 0.6 is 11.8 Å². The number of benzene rings is 2. The van der Waals surface area contributed by atoms with Gasteiger partial charge in [-0.2, -0.15) is 17.9 Å². The van der Waals surface area contributed by atoms with Crippen LogP contribution in [0.2, 0.25) is 0 Å². The maximum Gasteiger partial charge on any atom is 0.416 e. The molecule has 0 spiro atoms. The Morgan fingerprint density at radius 3 is 2.50 bits per heavy atom. The van der Waals surface area contributed by atoms with Crippen molar-refractivity contribution in [1.82, 2.24) is 24.8 Å². The monoisotopic (exact) mass is 485 g/mol. The van der Waals surface area contributed by atoms with Crippen LogP contribution in [0.15, 0.2) is 53.7 Å².